The number of ether oxygens (including phenoxy) is 1. The van der Waals surface area contributed by atoms with Crippen LogP contribution in [0, 0.1) is 0 Å². The van der Waals surface area contributed by atoms with Gasteiger partial charge >= 0.3 is 6.09 Å². The number of anilines is 1. The van der Waals surface area contributed by atoms with Gasteiger partial charge in [0.15, 0.2) is 0 Å². The molecule has 0 unspecified atom stereocenters. The van der Waals surface area contributed by atoms with E-state index in [4.69, 9.17) is 10.6 Å². The minimum Gasteiger partial charge on any atom is -0.410 e. The first-order chi connectivity index (χ1) is 12.0. The van der Waals surface area contributed by atoms with E-state index < -0.39 is 12.0 Å². The molecule has 0 bridgehead atoms. The smallest absolute Gasteiger partial charge is 0.410 e. The highest BCUT2D eigenvalue weighted by Gasteiger charge is 2.11. The number of pyridine rings is 1. The second kappa shape index (κ2) is 8.46. The van der Waals surface area contributed by atoms with E-state index in [-0.39, 0.29) is 5.70 Å². The maximum absolute atomic E-state index is 12.0. The highest BCUT2D eigenvalue weighted by Crippen LogP contribution is 2.20. The minimum absolute atomic E-state index is 0.227. The molecule has 0 spiro atoms. The van der Waals surface area contributed by atoms with Crippen LogP contribution in [0.3, 0.4) is 0 Å². The lowest BCUT2D eigenvalue weighted by Crippen LogP contribution is -2.33. The summed E-state index contributed by atoms with van der Waals surface area (Å²) >= 11 is 0. The molecule has 0 radical (unpaired) electrons. The Labute approximate surface area is 145 Å². The van der Waals surface area contributed by atoms with Crippen molar-refractivity contribution in [1.29, 1.82) is 0 Å². The van der Waals surface area contributed by atoms with Gasteiger partial charge in [0.25, 0.3) is 5.91 Å². The van der Waals surface area contributed by atoms with Crippen LogP contribution in [-0.2, 0) is 4.79 Å². The summed E-state index contributed by atoms with van der Waals surface area (Å²) < 4.78 is 5.20. The molecule has 25 heavy (non-hydrogen) atoms. The van der Waals surface area contributed by atoms with Crippen molar-refractivity contribution in [2.45, 2.75) is 0 Å². The number of nitrogens with two attached hydrogens (primary N) is 1. The van der Waals surface area contributed by atoms with Gasteiger partial charge in [-0.2, -0.15) is 0 Å². The molecule has 2 aromatic rings. The maximum Gasteiger partial charge on any atom is 0.414 e. The van der Waals surface area contributed by atoms with Gasteiger partial charge < -0.3 is 15.0 Å². The van der Waals surface area contributed by atoms with Crippen LogP contribution in [0.2, 0.25) is 0 Å². The highest BCUT2D eigenvalue weighted by atomic mass is 16.6. The van der Waals surface area contributed by atoms with E-state index in [2.05, 4.69) is 15.7 Å². The number of rotatable bonds is 5. The standard InChI is InChI=1S/C17H19N5O3/c1-22(2)17(24)25-14-5-3-4-13(11-14)20-15(16(23)21-18)10-12-6-8-19-9-7-12/h3-11,20H,18H2,1-2H3,(H,21,23)/b15-10+. The van der Waals surface area contributed by atoms with Crippen LogP contribution in [0.15, 0.2) is 54.5 Å². The topological polar surface area (TPSA) is 110 Å². The molecule has 1 heterocycles. The van der Waals surface area contributed by atoms with E-state index in [1.165, 1.54) is 4.90 Å². The number of carbonyl (C=O) groups excluding carboxylic acids is 2. The largest absolute Gasteiger partial charge is 0.414 e. The van der Waals surface area contributed by atoms with Gasteiger partial charge in [-0.15, -0.1) is 0 Å². The quantitative estimate of drug-likeness (QED) is 0.330. The van der Waals surface area contributed by atoms with E-state index >= 15 is 0 Å². The number of aromatic nitrogens is 1. The molecule has 8 nitrogen and oxygen atoms in total. The number of hydrogen-bond donors (Lipinski definition) is 3. The van der Waals surface area contributed by atoms with E-state index in [1.54, 1.807) is 69.0 Å². The zero-order valence-electron chi connectivity index (χ0n) is 13.9. The number of hydrogen-bond acceptors (Lipinski definition) is 6. The van der Waals surface area contributed by atoms with Crippen molar-refractivity contribution in [2.75, 3.05) is 19.4 Å². The van der Waals surface area contributed by atoms with Gasteiger partial charge in [0.1, 0.15) is 11.4 Å². The molecule has 0 aliphatic heterocycles. The molecule has 2 rings (SSSR count). The second-order valence-electron chi connectivity index (χ2n) is 5.23. The van der Waals surface area contributed by atoms with Crippen LogP contribution in [0.5, 0.6) is 5.75 Å². The normalized spacial score (nSPS) is 10.8. The van der Waals surface area contributed by atoms with Crippen LogP contribution in [0.4, 0.5) is 10.5 Å². The van der Waals surface area contributed by atoms with Crippen molar-refractivity contribution in [3.05, 3.63) is 60.1 Å². The lowest BCUT2D eigenvalue weighted by molar-refractivity contribution is -0.117. The summed E-state index contributed by atoms with van der Waals surface area (Å²) in [6.45, 7) is 0. The predicted molar refractivity (Wildman–Crippen MR) is 94.3 cm³/mol. The van der Waals surface area contributed by atoms with Crippen LogP contribution in [-0.4, -0.2) is 36.0 Å². The Balaban J connectivity index is 2.23. The maximum atomic E-state index is 12.0. The number of benzene rings is 1. The van der Waals surface area contributed by atoms with E-state index in [1.807, 2.05) is 0 Å². The number of nitrogens with zero attached hydrogens (tertiary/aromatic N) is 2. The second-order valence-corrected chi connectivity index (χ2v) is 5.23. The third-order valence-corrected chi connectivity index (χ3v) is 3.08. The molecule has 130 valence electrons. The molecule has 4 N–H and O–H groups in total. The number of amides is 2. The molecule has 0 saturated carbocycles. The Kier molecular flexibility index (Phi) is 6.08. The van der Waals surface area contributed by atoms with Crippen LogP contribution >= 0.6 is 0 Å². The summed E-state index contributed by atoms with van der Waals surface area (Å²) in [5.41, 5.74) is 3.65. The molecule has 0 aliphatic rings. The van der Waals surface area contributed by atoms with E-state index in [9.17, 15) is 9.59 Å². The first-order valence-electron chi connectivity index (χ1n) is 7.38. The van der Waals surface area contributed by atoms with Gasteiger partial charge in [-0.05, 0) is 35.9 Å². The van der Waals surface area contributed by atoms with Crippen molar-refractivity contribution in [1.82, 2.24) is 15.3 Å². The van der Waals surface area contributed by atoms with Crippen LogP contribution < -0.4 is 21.3 Å². The Morgan fingerprint density at radius 1 is 1.20 bits per heavy atom. The highest BCUT2D eigenvalue weighted by molar-refractivity contribution is 6.00. The molecule has 1 aromatic carbocycles. The van der Waals surface area contributed by atoms with Crippen molar-refractivity contribution < 1.29 is 14.3 Å². The number of carbonyl (C=O) groups is 2. The summed E-state index contributed by atoms with van der Waals surface area (Å²) in [5, 5.41) is 2.96. The molecule has 0 aliphatic carbocycles. The average molecular weight is 341 g/mol. The zero-order chi connectivity index (χ0) is 18.2. The summed E-state index contributed by atoms with van der Waals surface area (Å²) in [7, 11) is 3.18. The van der Waals surface area contributed by atoms with Gasteiger partial charge in [-0.1, -0.05) is 6.07 Å². The summed E-state index contributed by atoms with van der Waals surface area (Å²) in [6, 6.07) is 10.2. The average Bonchev–Trinajstić information content (AvgIpc) is 2.61. The Morgan fingerprint density at radius 2 is 1.92 bits per heavy atom. The van der Waals surface area contributed by atoms with Gasteiger partial charge in [-0.25, -0.2) is 10.6 Å². The molecule has 8 heteroatoms. The fraction of sp³-hybridized carbons (Fsp3) is 0.118. The Morgan fingerprint density at radius 3 is 2.56 bits per heavy atom. The molecular weight excluding hydrogens is 322 g/mol. The van der Waals surface area contributed by atoms with Gasteiger partial charge in [-0.3, -0.25) is 15.2 Å². The van der Waals surface area contributed by atoms with Crippen LogP contribution in [0.1, 0.15) is 5.56 Å². The van der Waals surface area contributed by atoms with Crippen LogP contribution in [0.25, 0.3) is 6.08 Å². The molecule has 0 saturated heterocycles. The van der Waals surface area contributed by atoms with E-state index in [0.29, 0.717) is 11.4 Å². The molecule has 1 aromatic heterocycles. The third-order valence-electron chi connectivity index (χ3n) is 3.08. The number of nitrogens with one attached hydrogen (secondary N) is 2. The summed E-state index contributed by atoms with van der Waals surface area (Å²) in [6.07, 6.45) is 4.36. The zero-order valence-corrected chi connectivity index (χ0v) is 13.9. The summed E-state index contributed by atoms with van der Waals surface area (Å²) in [4.78, 5) is 28.9. The molecule has 2 amide bonds. The predicted octanol–water partition coefficient (Wildman–Crippen LogP) is 1.58. The van der Waals surface area contributed by atoms with Gasteiger partial charge in [0, 0.05) is 38.2 Å². The van der Waals surface area contributed by atoms with Gasteiger partial charge in [0.2, 0.25) is 0 Å². The Hall–Kier alpha value is -3.39. The minimum atomic E-state index is -0.496. The van der Waals surface area contributed by atoms with Crippen molar-refractivity contribution in [3.8, 4) is 5.75 Å². The fourth-order valence-electron chi connectivity index (χ4n) is 1.85. The SMILES string of the molecule is CN(C)C(=O)Oc1cccc(N/C(=C/c2ccncc2)C(=O)NN)c1. The van der Waals surface area contributed by atoms with Crippen molar-refractivity contribution >= 4 is 23.8 Å². The number of hydrazine groups is 1. The lowest BCUT2D eigenvalue weighted by atomic mass is 10.2. The van der Waals surface area contributed by atoms with E-state index in [0.717, 1.165) is 5.56 Å². The van der Waals surface area contributed by atoms with Gasteiger partial charge in [0.05, 0.1) is 0 Å². The molecular formula is C17H19N5O3. The third kappa shape index (κ3) is 5.33. The first kappa shape index (κ1) is 18.0. The summed E-state index contributed by atoms with van der Waals surface area (Å²) in [5.74, 6) is 5.10. The first-order valence-corrected chi connectivity index (χ1v) is 7.38. The molecule has 0 atom stereocenters. The Bertz CT molecular complexity index is 775. The monoisotopic (exact) mass is 341 g/mol. The van der Waals surface area contributed by atoms with Crippen molar-refractivity contribution in [2.24, 2.45) is 5.84 Å². The lowest BCUT2D eigenvalue weighted by Gasteiger charge is -2.13. The fourth-order valence-corrected chi connectivity index (χ4v) is 1.85. The molecule has 0 fully saturated rings. The van der Waals surface area contributed by atoms with Crippen molar-refractivity contribution in [3.63, 3.8) is 0 Å².